The fourth-order valence-corrected chi connectivity index (χ4v) is 4.30. The van der Waals surface area contributed by atoms with Crippen molar-refractivity contribution in [3.8, 4) is 5.75 Å². The van der Waals surface area contributed by atoms with Crippen LogP contribution in [0.1, 0.15) is 26.3 Å². The highest BCUT2D eigenvalue weighted by atomic mass is 32.2. The topological polar surface area (TPSA) is 104 Å². The van der Waals surface area contributed by atoms with Gasteiger partial charge in [-0.3, -0.25) is 4.72 Å². The Hall–Kier alpha value is -2.10. The Balaban J connectivity index is 2.41. The van der Waals surface area contributed by atoms with Crippen molar-refractivity contribution in [2.45, 2.75) is 36.0 Å². The number of phenolic OH excluding ortho intramolecular Hbond substituents is 1. The maximum atomic E-state index is 12.6. The van der Waals surface area contributed by atoms with Gasteiger partial charge in [-0.2, -0.15) is 0 Å². The van der Waals surface area contributed by atoms with E-state index in [0.717, 1.165) is 22.0 Å². The minimum Gasteiger partial charge on any atom is -0.506 e. The molecule has 0 saturated heterocycles. The van der Waals surface area contributed by atoms with Crippen LogP contribution in [0.15, 0.2) is 52.3 Å². The molecule has 2 aromatic carbocycles. The molecular formula is C18H24N2O5S2. The summed E-state index contributed by atoms with van der Waals surface area (Å²) in [7, 11) is -5.04. The van der Waals surface area contributed by atoms with Gasteiger partial charge in [0, 0.05) is 14.1 Å². The van der Waals surface area contributed by atoms with E-state index in [1.54, 1.807) is 12.1 Å². The van der Waals surface area contributed by atoms with Crippen LogP contribution in [0.2, 0.25) is 0 Å². The molecule has 0 bridgehead atoms. The van der Waals surface area contributed by atoms with Gasteiger partial charge < -0.3 is 5.11 Å². The molecule has 2 aromatic rings. The fourth-order valence-electron chi connectivity index (χ4n) is 2.31. The second-order valence-electron chi connectivity index (χ2n) is 7.35. The summed E-state index contributed by atoms with van der Waals surface area (Å²) in [6.45, 7) is 6.05. The first-order valence-electron chi connectivity index (χ1n) is 8.14. The molecule has 9 heteroatoms. The highest BCUT2D eigenvalue weighted by molar-refractivity contribution is 7.92. The Morgan fingerprint density at radius 2 is 1.41 bits per heavy atom. The quantitative estimate of drug-likeness (QED) is 0.735. The molecule has 0 aliphatic heterocycles. The van der Waals surface area contributed by atoms with Crippen molar-refractivity contribution in [3.05, 3.63) is 48.0 Å². The number of nitrogens with zero attached hydrogens (tertiary/aromatic N) is 1. The predicted octanol–water partition coefficient (Wildman–Crippen LogP) is 2.74. The van der Waals surface area contributed by atoms with Crippen LogP contribution in [0, 0.1) is 0 Å². The van der Waals surface area contributed by atoms with E-state index in [2.05, 4.69) is 4.72 Å². The van der Waals surface area contributed by atoms with E-state index in [4.69, 9.17) is 0 Å². The summed E-state index contributed by atoms with van der Waals surface area (Å²) in [5, 5.41) is 9.96. The maximum absolute atomic E-state index is 12.6. The van der Waals surface area contributed by atoms with Gasteiger partial charge in [0.2, 0.25) is 10.0 Å². The zero-order chi connectivity index (χ0) is 20.6. The number of hydrogen-bond donors (Lipinski definition) is 2. The molecule has 2 rings (SSSR count). The molecule has 0 aliphatic carbocycles. The third kappa shape index (κ3) is 4.60. The number of anilines is 1. The summed E-state index contributed by atoms with van der Waals surface area (Å²) in [6, 6.07) is 9.83. The zero-order valence-corrected chi connectivity index (χ0v) is 17.5. The van der Waals surface area contributed by atoms with E-state index in [-0.39, 0.29) is 26.6 Å². The molecule has 0 heterocycles. The average molecular weight is 413 g/mol. The summed E-state index contributed by atoms with van der Waals surface area (Å²) < 4.78 is 53.0. The van der Waals surface area contributed by atoms with Gasteiger partial charge in [-0.1, -0.05) is 32.9 Å². The summed E-state index contributed by atoms with van der Waals surface area (Å²) in [5.74, 6) is -0.373. The van der Waals surface area contributed by atoms with Gasteiger partial charge >= 0.3 is 0 Å². The van der Waals surface area contributed by atoms with Crippen molar-refractivity contribution in [3.63, 3.8) is 0 Å². The molecule has 0 radical (unpaired) electrons. The maximum Gasteiger partial charge on any atom is 0.262 e. The smallest absolute Gasteiger partial charge is 0.262 e. The Labute approximate surface area is 160 Å². The first-order valence-corrected chi connectivity index (χ1v) is 11.1. The normalized spacial score (nSPS) is 13.0. The minimum atomic E-state index is -4.00. The monoisotopic (exact) mass is 412 g/mol. The van der Waals surface area contributed by atoms with Crippen LogP contribution in [0.5, 0.6) is 5.75 Å². The van der Waals surface area contributed by atoms with Gasteiger partial charge in [-0.25, -0.2) is 21.1 Å². The van der Waals surface area contributed by atoms with Crippen molar-refractivity contribution in [1.29, 1.82) is 0 Å². The molecule has 0 aromatic heterocycles. The van der Waals surface area contributed by atoms with Crippen molar-refractivity contribution < 1.29 is 21.9 Å². The number of aromatic hydroxyl groups is 1. The van der Waals surface area contributed by atoms with E-state index in [0.29, 0.717) is 0 Å². The standard InChI is InChI=1S/C18H24N2O5S2/c1-18(2,3)13-6-8-14(9-7-13)26(22,23)19-16-12-15(10-11-17(16)21)27(24,25)20(4)5/h6-12,19,21H,1-5H3. The number of hydrogen-bond acceptors (Lipinski definition) is 5. The lowest BCUT2D eigenvalue weighted by Gasteiger charge is -2.19. The lowest BCUT2D eigenvalue weighted by atomic mass is 9.87. The first kappa shape index (κ1) is 21.2. The third-order valence-electron chi connectivity index (χ3n) is 4.02. The van der Waals surface area contributed by atoms with Gasteiger partial charge in [0.15, 0.2) is 0 Å². The third-order valence-corrected chi connectivity index (χ3v) is 7.21. The molecule has 0 spiro atoms. The van der Waals surface area contributed by atoms with E-state index < -0.39 is 20.0 Å². The van der Waals surface area contributed by atoms with Crippen molar-refractivity contribution >= 4 is 25.7 Å². The van der Waals surface area contributed by atoms with Gasteiger partial charge in [-0.05, 0) is 41.3 Å². The largest absolute Gasteiger partial charge is 0.506 e. The van der Waals surface area contributed by atoms with Crippen LogP contribution in [0.25, 0.3) is 0 Å². The van der Waals surface area contributed by atoms with Crippen LogP contribution >= 0.6 is 0 Å². The van der Waals surface area contributed by atoms with Crippen LogP contribution in [0.4, 0.5) is 5.69 Å². The van der Waals surface area contributed by atoms with Crippen LogP contribution < -0.4 is 4.72 Å². The van der Waals surface area contributed by atoms with Gasteiger partial charge in [-0.15, -0.1) is 0 Å². The van der Waals surface area contributed by atoms with Crippen molar-refractivity contribution in [1.82, 2.24) is 4.31 Å². The lowest BCUT2D eigenvalue weighted by Crippen LogP contribution is -2.22. The molecule has 2 N–H and O–H groups in total. The SMILES string of the molecule is CN(C)S(=O)(=O)c1ccc(O)c(NS(=O)(=O)c2ccc(C(C)(C)C)cc2)c1. The van der Waals surface area contributed by atoms with Crippen LogP contribution in [-0.4, -0.2) is 40.3 Å². The minimum absolute atomic E-state index is 0.00997. The molecular weight excluding hydrogens is 388 g/mol. The Kier molecular flexibility index (Phi) is 5.61. The molecule has 0 saturated carbocycles. The number of sulfonamides is 2. The Morgan fingerprint density at radius 1 is 0.889 bits per heavy atom. The highest BCUT2D eigenvalue weighted by Crippen LogP contribution is 2.30. The molecule has 0 unspecified atom stereocenters. The molecule has 0 aliphatic rings. The van der Waals surface area contributed by atoms with Gasteiger partial charge in [0.25, 0.3) is 10.0 Å². The Morgan fingerprint density at radius 3 is 1.89 bits per heavy atom. The zero-order valence-electron chi connectivity index (χ0n) is 15.9. The second-order valence-corrected chi connectivity index (χ2v) is 11.2. The summed E-state index contributed by atoms with van der Waals surface area (Å²) in [5.41, 5.74) is 0.643. The number of nitrogens with one attached hydrogen (secondary N) is 1. The van der Waals surface area contributed by atoms with Gasteiger partial charge in [0.1, 0.15) is 5.75 Å². The van der Waals surface area contributed by atoms with Crippen molar-refractivity contribution in [2.75, 3.05) is 18.8 Å². The highest BCUT2D eigenvalue weighted by Gasteiger charge is 2.22. The molecule has 27 heavy (non-hydrogen) atoms. The second kappa shape index (κ2) is 7.14. The number of rotatable bonds is 5. The van der Waals surface area contributed by atoms with E-state index in [1.807, 2.05) is 20.8 Å². The van der Waals surface area contributed by atoms with E-state index in [1.165, 1.54) is 32.3 Å². The van der Waals surface area contributed by atoms with E-state index in [9.17, 15) is 21.9 Å². The van der Waals surface area contributed by atoms with Crippen LogP contribution in [-0.2, 0) is 25.5 Å². The molecule has 7 nitrogen and oxygen atoms in total. The number of phenols is 1. The first-order chi connectivity index (χ1) is 12.2. The summed E-state index contributed by atoms with van der Waals surface area (Å²) >= 11 is 0. The lowest BCUT2D eigenvalue weighted by molar-refractivity contribution is 0.477. The molecule has 148 valence electrons. The van der Waals surface area contributed by atoms with Gasteiger partial charge in [0.05, 0.1) is 15.5 Å². The average Bonchev–Trinajstić information content (AvgIpc) is 2.55. The number of benzene rings is 2. The molecule has 0 fully saturated rings. The summed E-state index contributed by atoms with van der Waals surface area (Å²) in [6.07, 6.45) is 0. The van der Waals surface area contributed by atoms with Crippen molar-refractivity contribution in [2.24, 2.45) is 0 Å². The molecule has 0 amide bonds. The molecule has 0 atom stereocenters. The Bertz CT molecular complexity index is 1040. The van der Waals surface area contributed by atoms with E-state index >= 15 is 0 Å². The summed E-state index contributed by atoms with van der Waals surface area (Å²) in [4.78, 5) is -0.123. The fraction of sp³-hybridized carbons (Fsp3) is 0.333. The predicted molar refractivity (Wildman–Crippen MR) is 105 cm³/mol. The van der Waals surface area contributed by atoms with Crippen LogP contribution in [0.3, 0.4) is 0 Å².